The number of benzene rings is 1. The van der Waals surface area contributed by atoms with E-state index in [1.807, 2.05) is 0 Å². The van der Waals surface area contributed by atoms with Crippen molar-refractivity contribution in [3.05, 3.63) is 29.3 Å². The van der Waals surface area contributed by atoms with Crippen LogP contribution in [-0.4, -0.2) is 39.4 Å². The molecule has 2 amide bonds. The lowest BCUT2D eigenvalue weighted by Crippen LogP contribution is -2.32. The van der Waals surface area contributed by atoms with E-state index in [2.05, 4.69) is 10.6 Å². The highest BCUT2D eigenvalue weighted by Gasteiger charge is 2.16. The highest BCUT2D eigenvalue weighted by Crippen LogP contribution is 2.19. The molecular weight excluding hydrogens is 306 g/mol. The van der Waals surface area contributed by atoms with Gasteiger partial charge in [0.15, 0.2) is 0 Å². The summed E-state index contributed by atoms with van der Waals surface area (Å²) in [5, 5.41) is 13.1. The lowest BCUT2D eigenvalue weighted by molar-refractivity contribution is 0.0691. The molecule has 0 aliphatic heterocycles. The van der Waals surface area contributed by atoms with Gasteiger partial charge in [-0.3, -0.25) is 4.21 Å². The Morgan fingerprint density at radius 1 is 1.29 bits per heavy atom. The standard InChI is InChI=1S/C12H14F2N2O4S/c1-2-21(20)4-3-15-12(19)16-10-5-7(11(17)18)8(13)6-9(10)14/h5-6H,2-4H2,1H3,(H,17,18)(H2,15,16,19). The van der Waals surface area contributed by atoms with E-state index < -0.39 is 45.7 Å². The van der Waals surface area contributed by atoms with Gasteiger partial charge in [0.25, 0.3) is 0 Å². The van der Waals surface area contributed by atoms with Gasteiger partial charge in [0.1, 0.15) is 11.6 Å². The molecule has 0 fully saturated rings. The third kappa shape index (κ3) is 5.10. The molecule has 0 saturated carbocycles. The molecular formula is C12H14F2N2O4S. The fourth-order valence-electron chi connectivity index (χ4n) is 1.40. The molecule has 6 nitrogen and oxygen atoms in total. The Morgan fingerprint density at radius 2 is 1.95 bits per heavy atom. The van der Waals surface area contributed by atoms with Crippen molar-refractivity contribution in [3.8, 4) is 0 Å². The van der Waals surface area contributed by atoms with E-state index in [0.717, 1.165) is 0 Å². The van der Waals surface area contributed by atoms with Gasteiger partial charge in [0.05, 0.1) is 11.3 Å². The van der Waals surface area contributed by atoms with E-state index in [-0.39, 0.29) is 12.3 Å². The number of carboxylic acids is 1. The molecule has 0 spiro atoms. The van der Waals surface area contributed by atoms with E-state index in [4.69, 9.17) is 5.11 Å². The third-order valence-electron chi connectivity index (χ3n) is 2.47. The molecule has 0 heterocycles. The summed E-state index contributed by atoms with van der Waals surface area (Å²) < 4.78 is 37.7. The molecule has 1 aromatic carbocycles. The SMILES string of the molecule is CCS(=O)CCNC(=O)Nc1cc(C(=O)O)c(F)cc1F. The van der Waals surface area contributed by atoms with Gasteiger partial charge in [0.2, 0.25) is 0 Å². The second-order valence-corrected chi connectivity index (χ2v) is 5.80. The van der Waals surface area contributed by atoms with E-state index in [9.17, 15) is 22.6 Å². The number of carboxylic acid groups (broad SMARTS) is 1. The van der Waals surface area contributed by atoms with Crippen LogP contribution in [0.1, 0.15) is 17.3 Å². The Labute approximate surface area is 122 Å². The number of urea groups is 1. The van der Waals surface area contributed by atoms with Crippen LogP contribution in [0.5, 0.6) is 0 Å². The second kappa shape index (κ2) is 7.67. The molecule has 1 aromatic rings. The van der Waals surface area contributed by atoms with Crippen LogP contribution in [0.15, 0.2) is 12.1 Å². The van der Waals surface area contributed by atoms with Crippen LogP contribution >= 0.6 is 0 Å². The maximum Gasteiger partial charge on any atom is 0.338 e. The zero-order valence-electron chi connectivity index (χ0n) is 11.1. The second-order valence-electron chi connectivity index (χ2n) is 3.93. The van der Waals surface area contributed by atoms with Crippen LogP contribution < -0.4 is 10.6 Å². The van der Waals surface area contributed by atoms with Crippen molar-refractivity contribution < 1.29 is 27.7 Å². The summed E-state index contributed by atoms with van der Waals surface area (Å²) in [6.07, 6.45) is 0. The zero-order chi connectivity index (χ0) is 16.0. The average molecular weight is 320 g/mol. The van der Waals surface area contributed by atoms with Crippen molar-refractivity contribution in [2.24, 2.45) is 0 Å². The predicted octanol–water partition coefficient (Wildman–Crippen LogP) is 1.55. The first kappa shape index (κ1) is 17.0. The number of carbonyl (C=O) groups excluding carboxylic acids is 1. The van der Waals surface area contributed by atoms with Crippen LogP contribution in [0.25, 0.3) is 0 Å². The Hall–Kier alpha value is -2.03. The van der Waals surface area contributed by atoms with Crippen LogP contribution in [0, 0.1) is 11.6 Å². The first-order valence-electron chi connectivity index (χ1n) is 5.97. The summed E-state index contributed by atoms with van der Waals surface area (Å²) in [6.45, 7) is 1.85. The molecule has 9 heteroatoms. The van der Waals surface area contributed by atoms with Gasteiger partial charge in [0, 0.05) is 34.9 Å². The van der Waals surface area contributed by atoms with Crippen molar-refractivity contribution in [1.29, 1.82) is 0 Å². The summed E-state index contributed by atoms with van der Waals surface area (Å²) >= 11 is 0. The van der Waals surface area contributed by atoms with Gasteiger partial charge in [-0.25, -0.2) is 18.4 Å². The maximum atomic E-state index is 13.4. The van der Waals surface area contributed by atoms with E-state index in [1.165, 1.54) is 0 Å². The number of carbonyl (C=O) groups is 2. The van der Waals surface area contributed by atoms with Crippen LogP contribution in [-0.2, 0) is 10.8 Å². The summed E-state index contributed by atoms with van der Waals surface area (Å²) in [6, 6.07) is 0.270. The van der Waals surface area contributed by atoms with Crippen molar-refractivity contribution in [2.45, 2.75) is 6.92 Å². The van der Waals surface area contributed by atoms with Gasteiger partial charge in [-0.1, -0.05) is 6.92 Å². The average Bonchev–Trinajstić information content (AvgIpc) is 2.41. The first-order valence-corrected chi connectivity index (χ1v) is 7.46. The number of nitrogens with one attached hydrogen (secondary N) is 2. The number of aromatic carboxylic acids is 1. The minimum Gasteiger partial charge on any atom is -0.478 e. The van der Waals surface area contributed by atoms with Gasteiger partial charge in [-0.15, -0.1) is 0 Å². The molecule has 3 N–H and O–H groups in total. The summed E-state index contributed by atoms with van der Waals surface area (Å²) in [7, 11) is -1.05. The number of hydrogen-bond donors (Lipinski definition) is 3. The molecule has 21 heavy (non-hydrogen) atoms. The topological polar surface area (TPSA) is 95.5 Å². The Morgan fingerprint density at radius 3 is 2.52 bits per heavy atom. The summed E-state index contributed by atoms with van der Waals surface area (Å²) in [5.74, 6) is -3.20. The van der Waals surface area contributed by atoms with Gasteiger partial charge >= 0.3 is 12.0 Å². The third-order valence-corrected chi connectivity index (χ3v) is 3.78. The van der Waals surface area contributed by atoms with Gasteiger partial charge < -0.3 is 15.7 Å². The van der Waals surface area contributed by atoms with E-state index >= 15 is 0 Å². The van der Waals surface area contributed by atoms with E-state index in [1.54, 1.807) is 6.92 Å². The largest absolute Gasteiger partial charge is 0.478 e. The number of anilines is 1. The summed E-state index contributed by atoms with van der Waals surface area (Å²) in [4.78, 5) is 22.2. The Kier molecular flexibility index (Phi) is 6.22. The fourth-order valence-corrected chi connectivity index (χ4v) is 2.02. The smallest absolute Gasteiger partial charge is 0.338 e. The predicted molar refractivity (Wildman–Crippen MR) is 73.9 cm³/mol. The van der Waals surface area contributed by atoms with Crippen molar-refractivity contribution in [3.63, 3.8) is 0 Å². The molecule has 0 aliphatic rings. The van der Waals surface area contributed by atoms with Crippen LogP contribution in [0.2, 0.25) is 0 Å². The van der Waals surface area contributed by atoms with Crippen LogP contribution in [0.3, 0.4) is 0 Å². The van der Waals surface area contributed by atoms with Crippen LogP contribution in [0.4, 0.5) is 19.3 Å². The minimum absolute atomic E-state index is 0.112. The van der Waals surface area contributed by atoms with Gasteiger partial charge in [-0.2, -0.15) is 0 Å². The molecule has 116 valence electrons. The van der Waals surface area contributed by atoms with Gasteiger partial charge in [-0.05, 0) is 6.07 Å². The molecule has 0 bridgehead atoms. The monoisotopic (exact) mass is 320 g/mol. The lowest BCUT2D eigenvalue weighted by Gasteiger charge is -2.09. The molecule has 1 rings (SSSR count). The normalized spacial score (nSPS) is 11.8. The fraction of sp³-hybridized carbons (Fsp3) is 0.333. The molecule has 0 radical (unpaired) electrons. The quantitative estimate of drug-likeness (QED) is 0.741. The molecule has 0 aromatic heterocycles. The minimum atomic E-state index is -1.57. The van der Waals surface area contributed by atoms with Crippen molar-refractivity contribution >= 4 is 28.5 Å². The molecule has 0 aliphatic carbocycles. The van der Waals surface area contributed by atoms with Crippen molar-refractivity contribution in [2.75, 3.05) is 23.4 Å². The molecule has 1 atom stereocenters. The highest BCUT2D eigenvalue weighted by molar-refractivity contribution is 7.84. The zero-order valence-corrected chi connectivity index (χ0v) is 11.9. The Balaban J connectivity index is 2.70. The van der Waals surface area contributed by atoms with E-state index in [0.29, 0.717) is 17.9 Å². The maximum absolute atomic E-state index is 13.4. The number of rotatable bonds is 6. The van der Waals surface area contributed by atoms with Crippen molar-refractivity contribution in [1.82, 2.24) is 5.32 Å². The first-order chi connectivity index (χ1) is 9.85. The summed E-state index contributed by atoms with van der Waals surface area (Å²) in [5.41, 5.74) is -1.21. The highest BCUT2D eigenvalue weighted by atomic mass is 32.2. The Bertz CT molecular complexity index is 581. The molecule has 0 saturated heterocycles. The molecule has 1 unspecified atom stereocenters. The number of hydrogen-bond acceptors (Lipinski definition) is 3. The lowest BCUT2D eigenvalue weighted by atomic mass is 10.2. The number of halogens is 2. The number of amides is 2.